The summed E-state index contributed by atoms with van der Waals surface area (Å²) in [5.74, 6) is -0.699. The van der Waals surface area contributed by atoms with E-state index in [2.05, 4.69) is 30.6 Å². The third-order valence-corrected chi connectivity index (χ3v) is 12.6. The number of nitrogens with one attached hydrogen (secondary N) is 1. The molecule has 0 aliphatic carbocycles. The van der Waals surface area contributed by atoms with E-state index in [9.17, 15) is 35.2 Å². The van der Waals surface area contributed by atoms with Crippen LogP contribution in [0.3, 0.4) is 0 Å². The second kappa shape index (κ2) is 24.4. The first kappa shape index (κ1) is 53.9. The van der Waals surface area contributed by atoms with Crippen molar-refractivity contribution in [3.63, 3.8) is 0 Å². The van der Waals surface area contributed by atoms with E-state index in [-0.39, 0.29) is 68.1 Å². The van der Waals surface area contributed by atoms with Gasteiger partial charge in [-0.3, -0.25) is 14.3 Å². The molecule has 2 heterocycles. The number of anilines is 2. The van der Waals surface area contributed by atoms with Crippen molar-refractivity contribution in [2.75, 3.05) is 37.0 Å². The van der Waals surface area contributed by atoms with Crippen molar-refractivity contribution in [1.29, 1.82) is 0 Å². The van der Waals surface area contributed by atoms with Crippen LogP contribution in [0.5, 0.6) is 11.5 Å². The number of amides is 1. The summed E-state index contributed by atoms with van der Waals surface area (Å²) in [7, 11) is -3.25. The van der Waals surface area contributed by atoms with Crippen LogP contribution in [0, 0.1) is 11.6 Å². The van der Waals surface area contributed by atoms with Crippen molar-refractivity contribution in [1.82, 2.24) is 14.9 Å². The van der Waals surface area contributed by atoms with Crippen molar-refractivity contribution in [2.45, 2.75) is 49.7 Å². The Bertz CT molecular complexity index is 2880. The number of aromatic nitrogens is 2. The number of rotatable bonds is 15. The van der Waals surface area contributed by atoms with Gasteiger partial charge in [0.1, 0.15) is 40.2 Å². The molecule has 0 saturated heterocycles. The second-order valence-electron chi connectivity index (χ2n) is 14.7. The van der Waals surface area contributed by atoms with Crippen LogP contribution in [0.25, 0.3) is 0 Å². The van der Waals surface area contributed by atoms with E-state index in [0.717, 1.165) is 10.4 Å². The van der Waals surface area contributed by atoms with Crippen molar-refractivity contribution in [2.24, 2.45) is 0 Å². The van der Waals surface area contributed by atoms with Crippen LogP contribution in [0.2, 0.25) is 10.0 Å². The van der Waals surface area contributed by atoms with Gasteiger partial charge in [-0.05, 0) is 135 Å². The minimum atomic E-state index is -4.05. The van der Waals surface area contributed by atoms with Crippen LogP contribution in [0.15, 0.2) is 136 Å². The first-order chi connectivity index (χ1) is 31.5. The summed E-state index contributed by atoms with van der Waals surface area (Å²) < 4.78 is 97.7. The molecule has 6 aromatic rings. The molecule has 4 aromatic carbocycles. The van der Waals surface area contributed by atoms with Gasteiger partial charge < -0.3 is 19.1 Å². The molecule has 6 rings (SSSR count). The van der Waals surface area contributed by atoms with Gasteiger partial charge in [0.2, 0.25) is 5.78 Å². The zero-order valence-corrected chi connectivity index (χ0v) is 41.8. The summed E-state index contributed by atoms with van der Waals surface area (Å²) in [4.78, 5) is 33.5. The summed E-state index contributed by atoms with van der Waals surface area (Å²) in [5.41, 5.74) is 0.380. The highest BCUT2D eigenvalue weighted by atomic mass is 79.9. The summed E-state index contributed by atoms with van der Waals surface area (Å²) >= 11 is 15.2. The molecule has 0 spiro atoms. The van der Waals surface area contributed by atoms with Crippen LogP contribution >= 0.6 is 39.1 Å². The van der Waals surface area contributed by atoms with Crippen molar-refractivity contribution < 1.29 is 49.4 Å². The van der Waals surface area contributed by atoms with Crippen LogP contribution in [-0.2, 0) is 24.8 Å². The largest absolute Gasteiger partial charge is 0.491 e. The maximum Gasteiger partial charge on any atom is 0.266 e. The SMILES string of the molecule is CC(C)Oc1ccc(S(=O)(=O)Nc2cc(Cl)cnc2C(=O)c2cccc(F)c2)cc1.CN(C)C(=O)c1cccc(F)c1.COCN(c1cc(Cl)cnc1Br)S(=O)(=O)c1ccc(OC(C)C)cc1. The Balaban J connectivity index is 0.000000238. The fourth-order valence-electron chi connectivity index (χ4n) is 5.58. The van der Waals surface area contributed by atoms with E-state index in [0.29, 0.717) is 26.7 Å². The lowest BCUT2D eigenvalue weighted by Gasteiger charge is -2.24. The molecule has 2 aromatic heterocycles. The quantitative estimate of drug-likeness (QED) is 0.0589. The molecule has 0 bridgehead atoms. The maximum absolute atomic E-state index is 13.5. The monoisotopic (exact) mass is 1060 g/mol. The molecule has 1 amide bonds. The number of hydrogen-bond acceptors (Lipinski definition) is 11. The van der Waals surface area contributed by atoms with E-state index >= 15 is 0 Å². The van der Waals surface area contributed by atoms with Gasteiger partial charge in [-0.25, -0.2) is 39.9 Å². The summed E-state index contributed by atoms with van der Waals surface area (Å²) in [6.45, 7) is 7.32. The molecule has 0 aliphatic rings. The number of carbonyl (C=O) groups excluding carboxylic acids is 2. The summed E-state index contributed by atoms with van der Waals surface area (Å²) in [6.07, 6.45) is 2.58. The summed E-state index contributed by atoms with van der Waals surface area (Å²) in [5, 5.41) is 0.444. The van der Waals surface area contributed by atoms with Crippen molar-refractivity contribution in [3.8, 4) is 11.5 Å². The van der Waals surface area contributed by atoms with Crippen LogP contribution in [-0.4, -0.2) is 83.5 Å². The highest BCUT2D eigenvalue weighted by Gasteiger charge is 2.28. The first-order valence-corrected chi connectivity index (χ1v) is 24.3. The van der Waals surface area contributed by atoms with Gasteiger partial charge in [0, 0.05) is 44.7 Å². The number of halogens is 5. The molecule has 21 heteroatoms. The average Bonchev–Trinajstić information content (AvgIpc) is 3.26. The number of sulfonamides is 2. The smallest absolute Gasteiger partial charge is 0.266 e. The van der Waals surface area contributed by atoms with Gasteiger partial charge >= 0.3 is 0 Å². The standard InChI is InChI=1S/C21H18ClFN2O4S.C16H18BrClN2O4S.C9H10FNO/c1-13(2)29-17-6-8-18(9-7-17)30(27,28)25-19-11-15(22)12-24-20(19)21(26)14-4-3-5-16(23)10-14;1-11(2)24-13-4-6-14(7-5-13)25(21,22)20(10-23-3)15-8-12(18)9-19-16(15)17;1-11(2)9(12)7-4-3-5-8(10)6-7/h3-13,25H,1-2H3;4-9,11H,10H2,1-3H3;3-6H,1-2H3. The van der Waals surface area contributed by atoms with E-state index in [1.165, 1.54) is 109 Å². The van der Waals surface area contributed by atoms with Crippen LogP contribution in [0.4, 0.5) is 20.2 Å². The number of benzene rings is 4. The molecule has 0 saturated carbocycles. The van der Waals surface area contributed by atoms with Gasteiger partial charge in [-0.2, -0.15) is 0 Å². The zero-order valence-electron chi connectivity index (χ0n) is 37.1. The van der Waals surface area contributed by atoms with E-state index in [4.69, 9.17) is 37.4 Å². The number of methoxy groups -OCH3 is 1. The molecule has 0 radical (unpaired) electrons. The number of ether oxygens (including phenoxy) is 3. The molecule has 1 N–H and O–H groups in total. The first-order valence-electron chi connectivity index (χ1n) is 19.8. The predicted octanol–water partition coefficient (Wildman–Crippen LogP) is 10.3. The van der Waals surface area contributed by atoms with Gasteiger partial charge in [0.05, 0.1) is 43.4 Å². The molecular formula is C46H46BrCl2F2N5O9S2. The maximum atomic E-state index is 13.5. The minimum Gasteiger partial charge on any atom is -0.491 e. The average molecular weight is 1070 g/mol. The lowest BCUT2D eigenvalue weighted by molar-refractivity contribution is 0.0826. The molecular weight excluding hydrogens is 1020 g/mol. The number of nitrogens with zero attached hydrogens (tertiary/aromatic N) is 4. The highest BCUT2D eigenvalue weighted by Crippen LogP contribution is 2.32. The number of pyridine rings is 2. The Morgan fingerprint density at radius 3 is 1.72 bits per heavy atom. The van der Waals surface area contributed by atoms with Gasteiger partial charge in [-0.1, -0.05) is 41.4 Å². The topological polar surface area (TPSA) is 174 Å². The Morgan fingerprint density at radius 1 is 0.716 bits per heavy atom. The van der Waals surface area contributed by atoms with Crippen LogP contribution < -0.4 is 18.5 Å². The van der Waals surface area contributed by atoms with Crippen molar-refractivity contribution in [3.05, 3.63) is 165 Å². The van der Waals surface area contributed by atoms with Gasteiger partial charge in [-0.15, -0.1) is 0 Å². The fourth-order valence-corrected chi connectivity index (χ4v) is 8.87. The van der Waals surface area contributed by atoms with E-state index < -0.39 is 31.6 Å². The fraction of sp³-hybridized carbons (Fsp3) is 0.217. The molecule has 0 aliphatic heterocycles. The number of ketones is 1. The highest BCUT2D eigenvalue weighted by molar-refractivity contribution is 9.10. The molecule has 356 valence electrons. The third-order valence-electron chi connectivity index (χ3n) is 8.47. The summed E-state index contributed by atoms with van der Waals surface area (Å²) in [6, 6.07) is 25.5. The lowest BCUT2D eigenvalue weighted by Crippen LogP contribution is -2.33. The second-order valence-corrected chi connectivity index (χ2v) is 19.9. The van der Waals surface area contributed by atoms with Crippen LogP contribution in [0.1, 0.15) is 54.1 Å². The Kier molecular flexibility index (Phi) is 19.6. The predicted molar refractivity (Wildman–Crippen MR) is 257 cm³/mol. The van der Waals surface area contributed by atoms with E-state index in [1.807, 2.05) is 27.7 Å². The molecule has 0 fully saturated rings. The Hall–Kier alpha value is -5.70. The van der Waals surface area contributed by atoms with Gasteiger partial charge in [0.25, 0.3) is 26.0 Å². The van der Waals surface area contributed by atoms with Crippen molar-refractivity contribution >= 4 is 82.2 Å². The molecule has 0 unspecified atom stereocenters. The molecule has 0 atom stereocenters. The van der Waals surface area contributed by atoms with E-state index in [1.54, 1.807) is 32.3 Å². The molecule has 14 nitrogen and oxygen atoms in total. The Labute approximate surface area is 407 Å². The van der Waals surface area contributed by atoms with Gasteiger partial charge in [0.15, 0.2) is 0 Å². The third kappa shape index (κ3) is 15.7. The Morgan fingerprint density at radius 2 is 1.21 bits per heavy atom. The lowest BCUT2D eigenvalue weighted by atomic mass is 10.1. The molecule has 67 heavy (non-hydrogen) atoms. The normalized spacial score (nSPS) is 11.1. The zero-order chi connectivity index (χ0) is 49.6. The number of carbonyl (C=O) groups is 2. The number of hydrogen-bond donors (Lipinski definition) is 1. The minimum absolute atomic E-state index is 0.000868.